The maximum Gasteiger partial charge on any atom is 0.240 e. The number of phenols is 1. The van der Waals surface area contributed by atoms with Gasteiger partial charge < -0.3 is 15.4 Å². The van der Waals surface area contributed by atoms with E-state index in [4.69, 9.17) is 16.6 Å². The van der Waals surface area contributed by atoms with Crippen LogP contribution in [-0.2, 0) is 10.0 Å². The van der Waals surface area contributed by atoms with E-state index in [9.17, 15) is 13.5 Å². The van der Waals surface area contributed by atoms with Gasteiger partial charge in [-0.1, -0.05) is 60.1 Å². The number of halogens is 1. The fraction of sp³-hybridized carbons (Fsp3) is 0.0714. The van der Waals surface area contributed by atoms with Gasteiger partial charge in [-0.2, -0.15) is 0 Å². The summed E-state index contributed by atoms with van der Waals surface area (Å²) < 4.78 is 27.6. The predicted octanol–water partition coefficient (Wildman–Crippen LogP) is 5.56. The van der Waals surface area contributed by atoms with Crippen LogP contribution < -0.4 is 10.0 Å². The number of nitrogens with one attached hydrogen (secondary N) is 3. The van der Waals surface area contributed by atoms with Crippen molar-refractivity contribution in [3.05, 3.63) is 102 Å². The number of aromatic hydroxyl groups is 1. The van der Waals surface area contributed by atoms with E-state index in [-0.39, 0.29) is 17.2 Å². The standard InChI is InChI=1S/C28H24ClN5O3S/c29-22-9-5-11-24(18-22)38(36,37)32-15-14-31-25-17-21(12-13-30-25)27-26(20-8-4-10-23(35)16-20)33-28(34-27)19-6-2-1-3-7-19/h1-13,16-18,32,35H,14-15H2,(H,30,31)(H,33,34). The summed E-state index contributed by atoms with van der Waals surface area (Å²) in [6, 6.07) is 26.6. The second-order valence-electron chi connectivity index (χ2n) is 8.44. The van der Waals surface area contributed by atoms with Crippen molar-refractivity contribution in [1.82, 2.24) is 19.7 Å². The summed E-state index contributed by atoms with van der Waals surface area (Å²) in [5, 5.41) is 13.6. The molecule has 0 fully saturated rings. The lowest BCUT2D eigenvalue weighted by molar-refractivity contribution is 0.475. The van der Waals surface area contributed by atoms with E-state index in [1.807, 2.05) is 48.5 Å². The highest BCUT2D eigenvalue weighted by atomic mass is 35.5. The molecule has 8 nitrogen and oxygen atoms in total. The minimum atomic E-state index is -3.68. The highest BCUT2D eigenvalue weighted by molar-refractivity contribution is 7.89. The fourth-order valence-electron chi connectivity index (χ4n) is 3.95. The Kier molecular flexibility index (Phi) is 7.41. The fourth-order valence-corrected chi connectivity index (χ4v) is 5.29. The Morgan fingerprint density at radius 1 is 0.842 bits per heavy atom. The van der Waals surface area contributed by atoms with Gasteiger partial charge in [-0.25, -0.2) is 23.1 Å². The molecule has 10 heteroatoms. The van der Waals surface area contributed by atoms with E-state index in [0.717, 1.165) is 22.4 Å². The van der Waals surface area contributed by atoms with Crippen molar-refractivity contribution < 1.29 is 13.5 Å². The number of sulfonamides is 1. The van der Waals surface area contributed by atoms with Gasteiger partial charge in [-0.3, -0.25) is 0 Å². The highest BCUT2D eigenvalue weighted by Gasteiger charge is 2.17. The number of nitrogens with zero attached hydrogens (tertiary/aromatic N) is 2. The van der Waals surface area contributed by atoms with Gasteiger partial charge in [0.25, 0.3) is 0 Å². The molecule has 0 spiro atoms. The van der Waals surface area contributed by atoms with Gasteiger partial charge in [-0.05, 0) is 42.5 Å². The molecule has 3 aromatic carbocycles. The molecule has 0 bridgehead atoms. The molecule has 0 saturated carbocycles. The third kappa shape index (κ3) is 5.86. The van der Waals surface area contributed by atoms with Crippen LogP contribution in [-0.4, -0.2) is 41.6 Å². The largest absolute Gasteiger partial charge is 0.508 e. The van der Waals surface area contributed by atoms with Gasteiger partial charge >= 0.3 is 0 Å². The number of phenolic OH excluding ortho intramolecular Hbond substituents is 1. The average molecular weight is 546 g/mol. The first kappa shape index (κ1) is 25.5. The number of imidazole rings is 1. The summed E-state index contributed by atoms with van der Waals surface area (Å²) in [6.45, 7) is 0.464. The molecule has 4 N–H and O–H groups in total. The maximum absolute atomic E-state index is 12.5. The first-order valence-electron chi connectivity index (χ1n) is 11.8. The molecule has 0 radical (unpaired) electrons. The summed E-state index contributed by atoms with van der Waals surface area (Å²) in [5.41, 5.74) is 3.97. The molecule has 192 valence electrons. The highest BCUT2D eigenvalue weighted by Crippen LogP contribution is 2.34. The molecule has 0 saturated heterocycles. The van der Waals surface area contributed by atoms with Crippen LogP contribution in [0, 0.1) is 0 Å². The lowest BCUT2D eigenvalue weighted by atomic mass is 10.1. The second-order valence-corrected chi connectivity index (χ2v) is 10.6. The van der Waals surface area contributed by atoms with Crippen molar-refractivity contribution in [2.75, 3.05) is 18.4 Å². The maximum atomic E-state index is 12.5. The quantitative estimate of drug-likeness (QED) is 0.180. The van der Waals surface area contributed by atoms with Crippen LogP contribution in [0.2, 0.25) is 5.02 Å². The van der Waals surface area contributed by atoms with Crippen LogP contribution in [0.1, 0.15) is 0 Å². The summed E-state index contributed by atoms with van der Waals surface area (Å²) in [5.74, 6) is 1.41. The van der Waals surface area contributed by atoms with Crippen LogP contribution in [0.25, 0.3) is 33.9 Å². The number of hydrogen-bond donors (Lipinski definition) is 4. The van der Waals surface area contributed by atoms with E-state index in [1.165, 1.54) is 12.1 Å². The number of anilines is 1. The summed E-state index contributed by atoms with van der Waals surface area (Å²) in [4.78, 5) is 12.7. The van der Waals surface area contributed by atoms with E-state index in [2.05, 4.69) is 20.0 Å². The van der Waals surface area contributed by atoms with E-state index in [0.29, 0.717) is 28.9 Å². The van der Waals surface area contributed by atoms with Gasteiger partial charge in [0.1, 0.15) is 17.4 Å². The zero-order chi connectivity index (χ0) is 26.5. The van der Waals surface area contributed by atoms with Gasteiger partial charge in [0, 0.05) is 41.0 Å². The third-order valence-corrected chi connectivity index (χ3v) is 7.44. The number of hydrogen-bond acceptors (Lipinski definition) is 6. The molecule has 0 aliphatic rings. The van der Waals surface area contributed by atoms with Gasteiger partial charge in [0.05, 0.1) is 16.3 Å². The van der Waals surface area contributed by atoms with Crippen LogP contribution in [0.3, 0.4) is 0 Å². The first-order chi connectivity index (χ1) is 18.4. The van der Waals surface area contributed by atoms with Crippen molar-refractivity contribution in [3.8, 4) is 39.7 Å². The van der Waals surface area contributed by atoms with Crippen molar-refractivity contribution in [2.45, 2.75) is 4.90 Å². The molecule has 0 aliphatic heterocycles. The van der Waals surface area contributed by atoms with E-state index < -0.39 is 10.0 Å². The summed E-state index contributed by atoms with van der Waals surface area (Å²) >= 11 is 5.92. The molecule has 5 rings (SSSR count). The number of pyridine rings is 1. The normalized spacial score (nSPS) is 11.4. The molecule has 38 heavy (non-hydrogen) atoms. The molecule has 0 atom stereocenters. The zero-order valence-corrected chi connectivity index (χ0v) is 21.7. The number of benzene rings is 3. The van der Waals surface area contributed by atoms with E-state index >= 15 is 0 Å². The Labute approximate surface area is 225 Å². The molecule has 5 aromatic rings. The predicted molar refractivity (Wildman–Crippen MR) is 149 cm³/mol. The molecule has 0 amide bonds. The Hall–Kier alpha value is -4.18. The van der Waals surface area contributed by atoms with Crippen LogP contribution >= 0.6 is 11.6 Å². The first-order valence-corrected chi connectivity index (χ1v) is 13.7. The Morgan fingerprint density at radius 3 is 2.42 bits per heavy atom. The molecule has 0 unspecified atom stereocenters. The topological polar surface area (TPSA) is 120 Å². The number of aromatic amines is 1. The third-order valence-electron chi connectivity index (χ3n) is 5.75. The monoisotopic (exact) mass is 545 g/mol. The van der Waals surface area contributed by atoms with Crippen molar-refractivity contribution in [2.24, 2.45) is 0 Å². The lowest BCUT2D eigenvalue weighted by Gasteiger charge is -2.10. The summed E-state index contributed by atoms with van der Waals surface area (Å²) in [6.07, 6.45) is 1.67. The molecule has 2 aromatic heterocycles. The summed E-state index contributed by atoms with van der Waals surface area (Å²) in [7, 11) is -3.68. The van der Waals surface area contributed by atoms with Crippen LogP contribution in [0.4, 0.5) is 5.82 Å². The van der Waals surface area contributed by atoms with Crippen molar-refractivity contribution in [1.29, 1.82) is 0 Å². The number of rotatable bonds is 9. The Morgan fingerprint density at radius 2 is 1.63 bits per heavy atom. The Bertz CT molecular complexity index is 1670. The van der Waals surface area contributed by atoms with Crippen LogP contribution in [0.15, 0.2) is 102 Å². The molecular weight excluding hydrogens is 522 g/mol. The minimum absolute atomic E-state index is 0.109. The SMILES string of the molecule is O=S(=O)(NCCNc1cc(-c2[nH]c(-c3ccccc3)nc2-c2cccc(O)c2)ccn1)c1cccc(Cl)c1. The lowest BCUT2D eigenvalue weighted by Crippen LogP contribution is -2.29. The van der Waals surface area contributed by atoms with Crippen molar-refractivity contribution in [3.63, 3.8) is 0 Å². The van der Waals surface area contributed by atoms with Crippen LogP contribution in [0.5, 0.6) is 5.75 Å². The van der Waals surface area contributed by atoms with Crippen molar-refractivity contribution >= 4 is 27.4 Å². The average Bonchev–Trinajstić information content (AvgIpc) is 3.38. The van der Waals surface area contributed by atoms with Gasteiger partial charge in [0.15, 0.2) is 0 Å². The molecular formula is C28H24ClN5O3S. The smallest absolute Gasteiger partial charge is 0.240 e. The minimum Gasteiger partial charge on any atom is -0.508 e. The second kappa shape index (κ2) is 11.1. The van der Waals surface area contributed by atoms with E-state index in [1.54, 1.807) is 36.5 Å². The molecule has 0 aliphatic carbocycles. The molecule has 2 heterocycles. The zero-order valence-electron chi connectivity index (χ0n) is 20.1. The van der Waals surface area contributed by atoms with Gasteiger partial charge in [0.2, 0.25) is 10.0 Å². The Balaban J connectivity index is 1.36. The number of aromatic nitrogens is 3. The van der Waals surface area contributed by atoms with Gasteiger partial charge in [-0.15, -0.1) is 0 Å². The number of H-pyrrole nitrogens is 1.